The molecule has 1 unspecified atom stereocenters. The first kappa shape index (κ1) is 16.2. The number of rotatable bonds is 7. The maximum Gasteiger partial charge on any atom is 0.341 e. The number of carbonyl (C=O) groups excluding carboxylic acids is 1. The second kappa shape index (κ2) is 7.67. The zero-order chi connectivity index (χ0) is 15.1. The molecular formula is C14H23N3O3. The van der Waals surface area contributed by atoms with Gasteiger partial charge in [-0.15, -0.1) is 0 Å². The van der Waals surface area contributed by atoms with Crippen LogP contribution in [0.15, 0.2) is 11.4 Å². The van der Waals surface area contributed by atoms with Crippen molar-refractivity contribution in [1.29, 1.82) is 0 Å². The van der Waals surface area contributed by atoms with Crippen LogP contribution in [0.1, 0.15) is 56.2 Å². The monoisotopic (exact) mass is 281 g/mol. The van der Waals surface area contributed by atoms with Gasteiger partial charge in [0.25, 0.3) is 0 Å². The van der Waals surface area contributed by atoms with Gasteiger partial charge in [-0.2, -0.15) is 5.10 Å². The molecule has 20 heavy (non-hydrogen) atoms. The standard InChI is InChI=1S/C14H23N3O3/c1-6-10(3)16-20-9-11(4)17-12(5)13(8-15-17)14(18)19-7-2/h8,11H,6-7,9H2,1-5H3. The molecule has 1 aromatic heterocycles. The smallest absolute Gasteiger partial charge is 0.341 e. The highest BCUT2D eigenvalue weighted by atomic mass is 16.6. The first-order chi connectivity index (χ1) is 9.51. The molecule has 0 aliphatic rings. The van der Waals surface area contributed by atoms with Crippen LogP contribution >= 0.6 is 0 Å². The van der Waals surface area contributed by atoms with Crippen molar-refractivity contribution in [3.05, 3.63) is 17.5 Å². The predicted molar refractivity (Wildman–Crippen MR) is 77.0 cm³/mol. The van der Waals surface area contributed by atoms with E-state index in [9.17, 15) is 4.79 Å². The fraction of sp³-hybridized carbons (Fsp3) is 0.643. The molecule has 0 aromatic carbocycles. The minimum absolute atomic E-state index is 0.00779. The molecule has 0 saturated carbocycles. The van der Waals surface area contributed by atoms with E-state index in [1.54, 1.807) is 11.6 Å². The van der Waals surface area contributed by atoms with E-state index in [1.807, 2.05) is 27.7 Å². The van der Waals surface area contributed by atoms with Crippen LogP contribution in [0.3, 0.4) is 0 Å². The Balaban J connectivity index is 2.70. The van der Waals surface area contributed by atoms with Crippen molar-refractivity contribution < 1.29 is 14.4 Å². The quantitative estimate of drug-likeness (QED) is 0.438. The highest BCUT2D eigenvalue weighted by Gasteiger charge is 2.18. The molecule has 0 fully saturated rings. The average molecular weight is 281 g/mol. The number of carbonyl (C=O) groups is 1. The summed E-state index contributed by atoms with van der Waals surface area (Å²) in [7, 11) is 0. The second-order valence-electron chi connectivity index (χ2n) is 4.63. The summed E-state index contributed by atoms with van der Waals surface area (Å²) in [6.45, 7) is 10.3. The van der Waals surface area contributed by atoms with Gasteiger partial charge in [0.1, 0.15) is 12.2 Å². The lowest BCUT2D eigenvalue weighted by molar-refractivity contribution is 0.0525. The molecule has 1 atom stereocenters. The van der Waals surface area contributed by atoms with Crippen LogP contribution in [0.2, 0.25) is 0 Å². The van der Waals surface area contributed by atoms with Gasteiger partial charge in [-0.1, -0.05) is 12.1 Å². The van der Waals surface area contributed by atoms with Crippen molar-refractivity contribution in [2.45, 2.75) is 47.1 Å². The topological polar surface area (TPSA) is 65.7 Å². The molecule has 0 aliphatic heterocycles. The van der Waals surface area contributed by atoms with E-state index in [0.717, 1.165) is 17.8 Å². The van der Waals surface area contributed by atoms with Crippen LogP contribution in [0, 0.1) is 6.92 Å². The summed E-state index contributed by atoms with van der Waals surface area (Å²) in [6.07, 6.45) is 2.40. The SMILES string of the molecule is CCOC(=O)c1cnn(C(C)CON=C(C)CC)c1C. The molecule has 6 nitrogen and oxygen atoms in total. The molecule has 1 rings (SSSR count). The second-order valence-corrected chi connectivity index (χ2v) is 4.63. The molecule has 1 aromatic rings. The normalized spacial score (nSPS) is 13.2. The van der Waals surface area contributed by atoms with Gasteiger partial charge in [0, 0.05) is 0 Å². The number of ether oxygens (including phenoxy) is 1. The van der Waals surface area contributed by atoms with Crippen molar-refractivity contribution in [2.24, 2.45) is 5.16 Å². The third-order valence-corrected chi connectivity index (χ3v) is 3.01. The number of nitrogens with zero attached hydrogens (tertiary/aromatic N) is 3. The van der Waals surface area contributed by atoms with Gasteiger partial charge in [-0.25, -0.2) is 4.79 Å². The average Bonchev–Trinajstić information content (AvgIpc) is 2.80. The lowest BCUT2D eigenvalue weighted by Crippen LogP contribution is -2.15. The Bertz CT molecular complexity index is 480. The molecule has 0 aliphatic carbocycles. The third kappa shape index (κ3) is 4.08. The third-order valence-electron chi connectivity index (χ3n) is 3.01. The Morgan fingerprint density at radius 3 is 2.80 bits per heavy atom. The Hall–Kier alpha value is -1.85. The molecule has 1 heterocycles. The van der Waals surface area contributed by atoms with Gasteiger partial charge in [-0.05, 0) is 34.1 Å². The predicted octanol–water partition coefficient (Wildman–Crippen LogP) is 2.73. The lowest BCUT2D eigenvalue weighted by Gasteiger charge is -2.13. The van der Waals surface area contributed by atoms with Gasteiger partial charge in [0.05, 0.1) is 30.3 Å². The summed E-state index contributed by atoms with van der Waals surface area (Å²) in [5.74, 6) is -0.343. The molecule has 0 N–H and O–H groups in total. The molecule has 112 valence electrons. The van der Waals surface area contributed by atoms with Crippen molar-refractivity contribution in [3.8, 4) is 0 Å². The zero-order valence-corrected chi connectivity index (χ0v) is 12.8. The van der Waals surface area contributed by atoms with Gasteiger partial charge >= 0.3 is 5.97 Å². The summed E-state index contributed by atoms with van der Waals surface area (Å²) >= 11 is 0. The summed E-state index contributed by atoms with van der Waals surface area (Å²) in [5.41, 5.74) is 2.21. The number of oxime groups is 1. The van der Waals surface area contributed by atoms with Gasteiger partial charge < -0.3 is 9.57 Å². The number of hydrogen-bond acceptors (Lipinski definition) is 5. The van der Waals surface area contributed by atoms with Crippen molar-refractivity contribution in [2.75, 3.05) is 13.2 Å². The largest absolute Gasteiger partial charge is 0.462 e. The highest BCUT2D eigenvalue weighted by Crippen LogP contribution is 2.14. The minimum atomic E-state index is -0.343. The first-order valence-electron chi connectivity index (χ1n) is 6.87. The van der Waals surface area contributed by atoms with Crippen molar-refractivity contribution in [1.82, 2.24) is 9.78 Å². The number of aromatic nitrogens is 2. The molecule has 6 heteroatoms. The molecule has 0 bridgehead atoms. The molecule has 0 amide bonds. The van der Waals surface area contributed by atoms with E-state index in [4.69, 9.17) is 9.57 Å². The Morgan fingerprint density at radius 2 is 2.20 bits per heavy atom. The summed E-state index contributed by atoms with van der Waals surface area (Å²) in [6, 6.07) is -0.00779. The highest BCUT2D eigenvalue weighted by molar-refractivity contribution is 5.90. The summed E-state index contributed by atoms with van der Waals surface area (Å²) in [4.78, 5) is 17.0. The fourth-order valence-corrected chi connectivity index (χ4v) is 1.67. The molecular weight excluding hydrogens is 258 g/mol. The Kier molecular flexibility index (Phi) is 6.21. The van der Waals surface area contributed by atoms with E-state index < -0.39 is 0 Å². The summed E-state index contributed by atoms with van der Waals surface area (Å²) < 4.78 is 6.74. The molecule has 0 radical (unpaired) electrons. The molecule has 0 spiro atoms. The zero-order valence-electron chi connectivity index (χ0n) is 12.8. The van der Waals surface area contributed by atoms with Crippen LogP contribution < -0.4 is 0 Å². The van der Waals surface area contributed by atoms with Crippen molar-refractivity contribution >= 4 is 11.7 Å². The summed E-state index contributed by atoms with van der Waals surface area (Å²) in [5, 5.41) is 8.22. The lowest BCUT2D eigenvalue weighted by atomic mass is 10.2. The van der Waals surface area contributed by atoms with Crippen LogP contribution in [-0.4, -0.2) is 34.7 Å². The maximum absolute atomic E-state index is 11.7. The van der Waals surface area contributed by atoms with Crippen LogP contribution in [0.25, 0.3) is 0 Å². The van der Waals surface area contributed by atoms with Gasteiger partial charge in [0.2, 0.25) is 0 Å². The molecule has 0 saturated heterocycles. The van der Waals surface area contributed by atoms with E-state index in [1.165, 1.54) is 6.20 Å². The number of hydrogen-bond donors (Lipinski definition) is 0. The number of esters is 1. The van der Waals surface area contributed by atoms with Gasteiger partial charge in [-0.3, -0.25) is 4.68 Å². The van der Waals surface area contributed by atoms with Gasteiger partial charge in [0.15, 0.2) is 0 Å². The minimum Gasteiger partial charge on any atom is -0.462 e. The van der Waals surface area contributed by atoms with Crippen LogP contribution in [-0.2, 0) is 9.57 Å². The Labute approximate surface area is 119 Å². The van der Waals surface area contributed by atoms with E-state index in [0.29, 0.717) is 18.8 Å². The first-order valence-corrected chi connectivity index (χ1v) is 6.87. The van der Waals surface area contributed by atoms with E-state index in [2.05, 4.69) is 10.3 Å². The van der Waals surface area contributed by atoms with Crippen LogP contribution in [0.5, 0.6) is 0 Å². The van der Waals surface area contributed by atoms with E-state index >= 15 is 0 Å². The van der Waals surface area contributed by atoms with E-state index in [-0.39, 0.29) is 12.0 Å². The van der Waals surface area contributed by atoms with Crippen molar-refractivity contribution in [3.63, 3.8) is 0 Å². The maximum atomic E-state index is 11.7. The van der Waals surface area contributed by atoms with Crippen LogP contribution in [0.4, 0.5) is 0 Å². The Morgan fingerprint density at radius 1 is 1.50 bits per heavy atom. The fourth-order valence-electron chi connectivity index (χ4n) is 1.67.